The number of aliphatic hydroxyl groups is 2. The van der Waals surface area contributed by atoms with Crippen LogP contribution in [0, 0.1) is 23.2 Å². The fourth-order valence-corrected chi connectivity index (χ4v) is 8.83. The first-order valence-corrected chi connectivity index (χ1v) is 14.2. The monoisotopic (exact) mass is 538 g/mol. The van der Waals surface area contributed by atoms with Gasteiger partial charge in [0.15, 0.2) is 11.5 Å². The van der Waals surface area contributed by atoms with E-state index in [1.165, 1.54) is 33.3 Å². The minimum absolute atomic E-state index is 0.0473. The van der Waals surface area contributed by atoms with Crippen LogP contribution in [-0.4, -0.2) is 78.3 Å². The van der Waals surface area contributed by atoms with Crippen molar-refractivity contribution in [1.29, 1.82) is 0 Å². The maximum Gasteiger partial charge on any atom is 0.247 e. The van der Waals surface area contributed by atoms with Crippen molar-refractivity contribution in [1.82, 2.24) is 10.2 Å². The van der Waals surface area contributed by atoms with Crippen LogP contribution in [0.1, 0.15) is 67.3 Å². The molecule has 4 fully saturated rings. The number of methoxy groups -OCH3 is 1. The van der Waals surface area contributed by atoms with Crippen LogP contribution < -0.4 is 14.8 Å². The van der Waals surface area contributed by atoms with Gasteiger partial charge in [-0.25, -0.2) is 0 Å². The molecule has 39 heavy (non-hydrogen) atoms. The van der Waals surface area contributed by atoms with Crippen molar-refractivity contribution in [2.24, 2.45) is 23.2 Å². The van der Waals surface area contributed by atoms with Crippen molar-refractivity contribution in [2.75, 3.05) is 26.8 Å². The molecule has 9 nitrogen and oxygen atoms in total. The Labute approximate surface area is 228 Å². The molecule has 3 N–H and O–H groups in total. The minimum atomic E-state index is -1.10. The molecule has 1 aliphatic heterocycles. The summed E-state index contributed by atoms with van der Waals surface area (Å²) in [6.07, 6.45) is 7.67. The zero-order valence-corrected chi connectivity index (χ0v) is 22.6. The van der Waals surface area contributed by atoms with Crippen LogP contribution in [0.4, 0.5) is 0 Å². The van der Waals surface area contributed by atoms with Gasteiger partial charge in [0, 0.05) is 36.7 Å². The maximum atomic E-state index is 13.4. The number of aliphatic hydroxyl groups excluding tert-OH is 2. The summed E-state index contributed by atoms with van der Waals surface area (Å²) in [5.41, 5.74) is 1.35. The number of hydrogen-bond acceptors (Lipinski definition) is 7. The molecule has 1 aromatic carbocycles. The molecule has 9 heteroatoms. The van der Waals surface area contributed by atoms with Crippen molar-refractivity contribution >= 4 is 18.1 Å². The lowest BCUT2D eigenvalue weighted by molar-refractivity contribution is -0.142. The van der Waals surface area contributed by atoms with Crippen LogP contribution >= 0.6 is 0 Å². The van der Waals surface area contributed by atoms with Gasteiger partial charge in [-0.2, -0.15) is 0 Å². The van der Waals surface area contributed by atoms with Gasteiger partial charge in [-0.1, -0.05) is 0 Å². The minimum Gasteiger partial charge on any atom is -0.493 e. The van der Waals surface area contributed by atoms with E-state index in [0.29, 0.717) is 58.8 Å². The highest BCUT2D eigenvalue weighted by molar-refractivity contribution is 5.96. The highest BCUT2D eigenvalue weighted by Crippen LogP contribution is 2.60. The van der Waals surface area contributed by atoms with Gasteiger partial charge in [0.25, 0.3) is 0 Å². The van der Waals surface area contributed by atoms with Crippen molar-refractivity contribution in [3.05, 3.63) is 34.9 Å². The Kier molecular flexibility index (Phi) is 6.70. The van der Waals surface area contributed by atoms with E-state index in [1.807, 2.05) is 0 Å². The number of nitrogens with one attached hydrogen (secondary N) is 1. The number of carbonyl (C=O) groups is 3. The van der Waals surface area contributed by atoms with Crippen LogP contribution in [0.3, 0.4) is 0 Å². The molecule has 7 rings (SSSR count). The predicted molar refractivity (Wildman–Crippen MR) is 142 cm³/mol. The number of rotatable bonds is 8. The van der Waals surface area contributed by atoms with E-state index in [2.05, 4.69) is 5.32 Å². The van der Waals surface area contributed by atoms with E-state index in [-0.39, 0.29) is 24.5 Å². The molecule has 5 aliphatic carbocycles. The number of aldehydes is 1. The average Bonchev–Trinajstić information content (AvgIpc) is 3.29. The number of nitrogens with zero attached hydrogens (tertiary/aromatic N) is 1. The van der Waals surface area contributed by atoms with Crippen molar-refractivity contribution < 1.29 is 34.1 Å². The molecule has 210 valence electrons. The van der Waals surface area contributed by atoms with Gasteiger partial charge in [0.1, 0.15) is 18.5 Å². The summed E-state index contributed by atoms with van der Waals surface area (Å²) < 4.78 is 11.8. The molecule has 2 amide bonds. The molecule has 0 radical (unpaired) electrons. The van der Waals surface area contributed by atoms with Crippen molar-refractivity contribution in [3.8, 4) is 11.5 Å². The molecule has 6 aliphatic rings. The highest BCUT2D eigenvalue weighted by atomic mass is 16.5. The zero-order valence-electron chi connectivity index (χ0n) is 22.6. The third-order valence-corrected chi connectivity index (χ3v) is 9.85. The molecule has 0 aromatic heterocycles. The van der Waals surface area contributed by atoms with Gasteiger partial charge in [0.05, 0.1) is 25.7 Å². The van der Waals surface area contributed by atoms with E-state index in [4.69, 9.17) is 9.47 Å². The largest absolute Gasteiger partial charge is 0.493 e. The SMILES string of the molecule is COc1cc(C=O)cc2c1OC1C2C(C(=O)NCCO)=CC(N(CC23CC4CC(CC(C4)C2)C3)C(C)=O)C1O. The summed E-state index contributed by atoms with van der Waals surface area (Å²) in [6, 6.07) is 2.47. The molecule has 4 atom stereocenters. The van der Waals surface area contributed by atoms with Gasteiger partial charge >= 0.3 is 0 Å². The lowest BCUT2D eigenvalue weighted by atomic mass is 9.49. The first-order chi connectivity index (χ1) is 18.8. The Morgan fingerprint density at radius 1 is 1.18 bits per heavy atom. The fraction of sp³-hybridized carbons (Fsp3) is 0.633. The average molecular weight is 539 g/mol. The van der Waals surface area contributed by atoms with Crippen molar-refractivity contribution in [2.45, 2.75) is 69.6 Å². The second-order valence-electron chi connectivity index (χ2n) is 12.5. The standard InChI is InChI=1S/C30H38N2O7/c1-16(35)32(15-30-11-17-5-18(12-30)7-19(6-17)13-30)23-10-22(29(37)31-3-4-33)25-21-8-20(14-34)9-24(38-2)27(21)39-28(25)26(23)36/h8-10,14,17-19,23,25-26,28,33,36H,3-7,11-13,15H2,1-2H3,(H,31,37). The Morgan fingerprint density at radius 2 is 1.85 bits per heavy atom. The van der Waals surface area contributed by atoms with Crippen LogP contribution in [0.5, 0.6) is 11.5 Å². The van der Waals surface area contributed by atoms with E-state index in [9.17, 15) is 24.6 Å². The van der Waals surface area contributed by atoms with Gasteiger partial charge in [-0.15, -0.1) is 0 Å². The molecule has 4 bridgehead atoms. The normalized spacial score (nSPS) is 35.4. The van der Waals surface area contributed by atoms with Gasteiger partial charge in [-0.05, 0) is 79.9 Å². The number of ether oxygens (including phenoxy) is 2. The lowest BCUT2D eigenvalue weighted by Gasteiger charge is -2.58. The summed E-state index contributed by atoms with van der Waals surface area (Å²) in [5, 5.41) is 23.8. The van der Waals surface area contributed by atoms with E-state index >= 15 is 0 Å². The summed E-state index contributed by atoms with van der Waals surface area (Å²) in [4.78, 5) is 40.1. The molecule has 4 saturated carbocycles. The third-order valence-electron chi connectivity index (χ3n) is 9.85. The molecule has 1 aromatic rings. The van der Waals surface area contributed by atoms with Crippen LogP contribution in [0.25, 0.3) is 0 Å². The topological polar surface area (TPSA) is 125 Å². The number of benzene rings is 1. The van der Waals surface area contributed by atoms with Gasteiger partial charge in [-0.3, -0.25) is 14.4 Å². The van der Waals surface area contributed by atoms with Crippen LogP contribution in [0.15, 0.2) is 23.8 Å². The molecule has 4 unspecified atom stereocenters. The number of fused-ring (bicyclic) bond motifs is 3. The Hall–Kier alpha value is -2.91. The van der Waals surface area contributed by atoms with Gasteiger partial charge < -0.3 is 29.9 Å². The second kappa shape index (κ2) is 9.93. The predicted octanol–water partition coefficient (Wildman–Crippen LogP) is 2.20. The first-order valence-electron chi connectivity index (χ1n) is 14.2. The number of hydrogen-bond donors (Lipinski definition) is 3. The molecular weight excluding hydrogens is 500 g/mol. The zero-order chi connectivity index (χ0) is 27.5. The first kappa shape index (κ1) is 26.3. The highest BCUT2D eigenvalue weighted by Gasteiger charge is 2.55. The quantitative estimate of drug-likeness (QED) is 0.433. The second-order valence-corrected chi connectivity index (χ2v) is 12.5. The Bertz CT molecular complexity index is 1170. The maximum absolute atomic E-state index is 13.4. The number of amides is 2. The Morgan fingerprint density at radius 3 is 2.41 bits per heavy atom. The molecule has 0 saturated heterocycles. The van der Waals surface area contributed by atoms with Gasteiger partial charge in [0.2, 0.25) is 11.8 Å². The summed E-state index contributed by atoms with van der Waals surface area (Å²) in [5.74, 6) is 1.67. The van der Waals surface area contributed by atoms with E-state index in [0.717, 1.165) is 19.3 Å². The molecule has 0 spiro atoms. The van der Waals surface area contributed by atoms with Crippen LogP contribution in [0.2, 0.25) is 0 Å². The summed E-state index contributed by atoms with van der Waals surface area (Å²) in [6.45, 7) is 1.93. The smallest absolute Gasteiger partial charge is 0.247 e. The fourth-order valence-electron chi connectivity index (χ4n) is 8.83. The lowest BCUT2D eigenvalue weighted by Crippen LogP contribution is -2.59. The van der Waals surface area contributed by atoms with Crippen molar-refractivity contribution in [3.63, 3.8) is 0 Å². The van der Waals surface area contributed by atoms with E-state index < -0.39 is 30.1 Å². The molecule has 1 heterocycles. The van der Waals surface area contributed by atoms with E-state index in [1.54, 1.807) is 23.1 Å². The number of carbonyl (C=O) groups excluding carboxylic acids is 3. The summed E-state index contributed by atoms with van der Waals surface area (Å²) in [7, 11) is 1.47. The third kappa shape index (κ3) is 4.43. The van der Waals surface area contributed by atoms with Crippen LogP contribution in [-0.2, 0) is 9.59 Å². The Balaban J connectivity index is 1.39. The summed E-state index contributed by atoms with van der Waals surface area (Å²) >= 11 is 0. The molecular formula is C30H38N2O7.